The SMILES string of the molecule is CC(=O)ONC(=O)[C@H](C)/C=C(\C)c1ccccc1. The van der Waals surface area contributed by atoms with Gasteiger partial charge in [0.1, 0.15) is 0 Å². The molecule has 0 spiro atoms. The van der Waals surface area contributed by atoms with E-state index in [1.54, 1.807) is 6.92 Å². The third kappa shape index (κ3) is 4.41. The zero-order chi connectivity index (χ0) is 13.5. The van der Waals surface area contributed by atoms with E-state index in [1.165, 1.54) is 6.92 Å². The van der Waals surface area contributed by atoms with Gasteiger partial charge in [-0.2, -0.15) is 5.48 Å². The van der Waals surface area contributed by atoms with Gasteiger partial charge in [-0.3, -0.25) is 9.59 Å². The molecule has 0 aliphatic carbocycles. The first-order valence-electron chi connectivity index (χ1n) is 5.72. The number of allylic oxidation sites excluding steroid dienone is 1. The minimum atomic E-state index is -0.542. The second-order valence-electron chi connectivity index (χ2n) is 4.06. The molecule has 0 bridgehead atoms. The molecule has 0 heterocycles. The molecule has 1 atom stereocenters. The third-order valence-electron chi connectivity index (χ3n) is 2.44. The first-order valence-corrected chi connectivity index (χ1v) is 5.72. The summed E-state index contributed by atoms with van der Waals surface area (Å²) in [6.07, 6.45) is 1.83. The van der Waals surface area contributed by atoms with E-state index >= 15 is 0 Å². The summed E-state index contributed by atoms with van der Waals surface area (Å²) in [6, 6.07) is 9.77. The van der Waals surface area contributed by atoms with Crippen LogP contribution in [0.15, 0.2) is 36.4 Å². The highest BCUT2D eigenvalue weighted by molar-refractivity contribution is 5.82. The van der Waals surface area contributed by atoms with Crippen molar-refractivity contribution in [1.29, 1.82) is 0 Å². The van der Waals surface area contributed by atoms with Crippen LogP contribution in [0.25, 0.3) is 5.57 Å². The molecule has 1 amide bonds. The highest BCUT2D eigenvalue weighted by Gasteiger charge is 2.11. The molecule has 1 N–H and O–H groups in total. The summed E-state index contributed by atoms with van der Waals surface area (Å²) in [6.45, 7) is 4.91. The summed E-state index contributed by atoms with van der Waals surface area (Å²) >= 11 is 0. The van der Waals surface area contributed by atoms with Gasteiger partial charge in [0.2, 0.25) is 0 Å². The van der Waals surface area contributed by atoms with Gasteiger partial charge in [-0.05, 0) is 25.0 Å². The Kier molecular flexibility index (Phi) is 5.11. The van der Waals surface area contributed by atoms with Crippen molar-refractivity contribution in [2.24, 2.45) is 5.92 Å². The van der Waals surface area contributed by atoms with E-state index in [1.807, 2.05) is 43.3 Å². The molecule has 1 aromatic carbocycles. The van der Waals surface area contributed by atoms with Crippen LogP contribution < -0.4 is 5.48 Å². The molecular weight excluding hydrogens is 230 g/mol. The van der Waals surface area contributed by atoms with Crippen molar-refractivity contribution < 1.29 is 14.4 Å². The summed E-state index contributed by atoms with van der Waals surface area (Å²) in [7, 11) is 0. The Hall–Kier alpha value is -2.10. The lowest BCUT2D eigenvalue weighted by Crippen LogP contribution is -2.30. The van der Waals surface area contributed by atoms with Crippen molar-refractivity contribution >= 4 is 17.4 Å². The number of benzene rings is 1. The van der Waals surface area contributed by atoms with Gasteiger partial charge in [0.05, 0.1) is 5.92 Å². The molecule has 4 nitrogen and oxygen atoms in total. The lowest BCUT2D eigenvalue weighted by Gasteiger charge is -2.09. The zero-order valence-electron chi connectivity index (χ0n) is 10.8. The molecule has 0 radical (unpaired) electrons. The molecule has 0 aliphatic rings. The van der Waals surface area contributed by atoms with Crippen LogP contribution >= 0.6 is 0 Å². The summed E-state index contributed by atoms with van der Waals surface area (Å²) in [4.78, 5) is 26.6. The van der Waals surface area contributed by atoms with Crippen molar-refractivity contribution in [1.82, 2.24) is 5.48 Å². The van der Waals surface area contributed by atoms with Crippen molar-refractivity contribution in [3.63, 3.8) is 0 Å². The summed E-state index contributed by atoms with van der Waals surface area (Å²) in [5, 5.41) is 0. The van der Waals surface area contributed by atoms with E-state index < -0.39 is 5.97 Å². The predicted molar refractivity (Wildman–Crippen MR) is 69.2 cm³/mol. The van der Waals surface area contributed by atoms with Gasteiger partial charge >= 0.3 is 5.97 Å². The van der Waals surface area contributed by atoms with Gasteiger partial charge < -0.3 is 4.84 Å². The molecule has 18 heavy (non-hydrogen) atoms. The van der Waals surface area contributed by atoms with Crippen LogP contribution in [0.5, 0.6) is 0 Å². The fourth-order valence-electron chi connectivity index (χ4n) is 1.46. The summed E-state index contributed by atoms with van der Waals surface area (Å²) in [5.41, 5.74) is 4.17. The van der Waals surface area contributed by atoms with Crippen LogP contribution in [-0.4, -0.2) is 11.9 Å². The minimum Gasteiger partial charge on any atom is -0.341 e. The monoisotopic (exact) mass is 247 g/mol. The number of hydrogen-bond acceptors (Lipinski definition) is 3. The maximum absolute atomic E-state index is 11.6. The molecule has 0 unspecified atom stereocenters. The molecule has 0 saturated carbocycles. The molecular formula is C14H17NO3. The summed E-state index contributed by atoms with van der Waals surface area (Å²) < 4.78 is 0. The average molecular weight is 247 g/mol. The topological polar surface area (TPSA) is 55.4 Å². The number of carbonyl (C=O) groups excluding carboxylic acids is 2. The van der Waals surface area contributed by atoms with E-state index in [0.717, 1.165) is 11.1 Å². The Morgan fingerprint density at radius 3 is 2.39 bits per heavy atom. The highest BCUT2D eigenvalue weighted by atomic mass is 16.7. The normalized spacial score (nSPS) is 12.7. The first-order chi connectivity index (χ1) is 8.50. The summed E-state index contributed by atoms with van der Waals surface area (Å²) in [5.74, 6) is -1.26. The van der Waals surface area contributed by atoms with Crippen molar-refractivity contribution in [3.05, 3.63) is 42.0 Å². The van der Waals surface area contributed by atoms with E-state index in [-0.39, 0.29) is 11.8 Å². The minimum absolute atomic E-state index is 0.347. The largest absolute Gasteiger partial charge is 0.341 e. The first kappa shape index (κ1) is 14.0. The third-order valence-corrected chi connectivity index (χ3v) is 2.44. The van der Waals surface area contributed by atoms with Gasteiger partial charge in [0, 0.05) is 6.92 Å². The number of amides is 1. The molecule has 0 fully saturated rings. The van der Waals surface area contributed by atoms with Gasteiger partial charge in [-0.1, -0.05) is 36.4 Å². The quantitative estimate of drug-likeness (QED) is 0.834. The number of hydroxylamine groups is 1. The second-order valence-corrected chi connectivity index (χ2v) is 4.06. The Balaban J connectivity index is 2.65. The van der Waals surface area contributed by atoms with E-state index in [2.05, 4.69) is 10.3 Å². The fourth-order valence-corrected chi connectivity index (χ4v) is 1.46. The van der Waals surface area contributed by atoms with Crippen LogP contribution in [0.4, 0.5) is 0 Å². The van der Waals surface area contributed by atoms with Crippen molar-refractivity contribution in [2.75, 3.05) is 0 Å². The highest BCUT2D eigenvalue weighted by Crippen LogP contribution is 2.15. The smallest absolute Gasteiger partial charge is 0.329 e. The number of hydrogen-bond donors (Lipinski definition) is 1. The average Bonchev–Trinajstić information content (AvgIpc) is 2.36. The maximum atomic E-state index is 11.6. The van der Waals surface area contributed by atoms with Crippen LogP contribution in [0, 0.1) is 5.92 Å². The second kappa shape index (κ2) is 6.59. The van der Waals surface area contributed by atoms with Gasteiger partial charge in [-0.15, -0.1) is 0 Å². The van der Waals surface area contributed by atoms with Crippen LogP contribution in [0.1, 0.15) is 26.3 Å². The molecule has 4 heteroatoms. The lowest BCUT2D eigenvalue weighted by molar-refractivity contribution is -0.156. The molecule has 1 aromatic rings. The fraction of sp³-hybridized carbons (Fsp3) is 0.286. The molecule has 0 aliphatic heterocycles. The van der Waals surface area contributed by atoms with E-state index in [9.17, 15) is 9.59 Å². The number of carbonyl (C=O) groups is 2. The van der Waals surface area contributed by atoms with Gasteiger partial charge in [0.25, 0.3) is 5.91 Å². The Morgan fingerprint density at radius 2 is 1.83 bits per heavy atom. The van der Waals surface area contributed by atoms with Crippen molar-refractivity contribution in [3.8, 4) is 0 Å². The van der Waals surface area contributed by atoms with Gasteiger partial charge in [-0.25, -0.2) is 0 Å². The number of nitrogens with one attached hydrogen (secondary N) is 1. The Bertz CT molecular complexity index is 451. The zero-order valence-corrected chi connectivity index (χ0v) is 10.8. The van der Waals surface area contributed by atoms with Crippen LogP contribution in [0.2, 0.25) is 0 Å². The molecule has 0 aromatic heterocycles. The Morgan fingerprint density at radius 1 is 1.22 bits per heavy atom. The molecule has 96 valence electrons. The van der Waals surface area contributed by atoms with Crippen LogP contribution in [0.3, 0.4) is 0 Å². The molecule has 0 saturated heterocycles. The maximum Gasteiger partial charge on any atom is 0.329 e. The van der Waals surface area contributed by atoms with Crippen molar-refractivity contribution in [2.45, 2.75) is 20.8 Å². The van der Waals surface area contributed by atoms with E-state index in [0.29, 0.717) is 0 Å². The standard InChI is InChI=1S/C14H17NO3/c1-10(13-7-5-4-6-8-13)9-11(2)14(17)15-18-12(3)16/h4-9,11H,1-3H3,(H,15,17)/b10-9+/t11-/m1/s1. The number of rotatable bonds is 3. The Labute approximate surface area is 107 Å². The lowest BCUT2D eigenvalue weighted by atomic mass is 10.0. The predicted octanol–water partition coefficient (Wildman–Crippen LogP) is 2.32. The van der Waals surface area contributed by atoms with Crippen LogP contribution in [-0.2, 0) is 14.4 Å². The van der Waals surface area contributed by atoms with E-state index in [4.69, 9.17) is 0 Å². The van der Waals surface area contributed by atoms with Gasteiger partial charge in [0.15, 0.2) is 0 Å². The molecule has 1 rings (SSSR count).